The molecule has 3 nitrogen and oxygen atoms in total. The highest BCUT2D eigenvalue weighted by Crippen LogP contribution is 2.52. The zero-order chi connectivity index (χ0) is 20.3. The van der Waals surface area contributed by atoms with E-state index in [9.17, 15) is 4.79 Å². The fourth-order valence-corrected chi connectivity index (χ4v) is 4.06. The second-order valence-corrected chi connectivity index (χ2v) is 8.18. The second-order valence-electron chi connectivity index (χ2n) is 7.05. The molecule has 0 amide bonds. The molecule has 0 aliphatic heterocycles. The van der Waals surface area contributed by atoms with Crippen LogP contribution in [0.1, 0.15) is 49.6 Å². The minimum Gasteiger partial charge on any atom is -0.478 e. The first-order valence-corrected chi connectivity index (χ1v) is 10.6. The van der Waals surface area contributed by atoms with Crippen LogP contribution in [0.3, 0.4) is 0 Å². The minimum atomic E-state index is -0.933. The zero-order valence-corrected chi connectivity index (χ0v) is 17.8. The van der Waals surface area contributed by atoms with Gasteiger partial charge in [-0.05, 0) is 83.0 Å². The van der Waals surface area contributed by atoms with Gasteiger partial charge in [0.25, 0.3) is 0 Å². The molecule has 1 atom stereocenters. The summed E-state index contributed by atoms with van der Waals surface area (Å²) in [7, 11) is 0. The summed E-state index contributed by atoms with van der Waals surface area (Å²) < 4.78 is 6.44. The average molecular weight is 494 g/mol. The lowest BCUT2D eigenvalue weighted by atomic mass is 10.0. The van der Waals surface area contributed by atoms with E-state index in [1.165, 1.54) is 11.1 Å². The normalized spacial score (nSPS) is 15.1. The standard InChI is InChI=1S/C25H19IO3/c26-23(20-4-2-1-3-5-20)29-25(16-17-25)22-14-10-19(11-15-22)7-6-18-8-12-21(13-9-18)24(27)28/h1-5,8-15,23H,16-17H2,(H,27,28). The van der Waals surface area contributed by atoms with Crippen molar-refractivity contribution in [1.82, 2.24) is 0 Å². The maximum absolute atomic E-state index is 10.9. The van der Waals surface area contributed by atoms with Gasteiger partial charge in [0.15, 0.2) is 0 Å². The third kappa shape index (κ3) is 4.69. The molecule has 0 aromatic heterocycles. The van der Waals surface area contributed by atoms with E-state index in [1.807, 2.05) is 30.3 Å². The van der Waals surface area contributed by atoms with Crippen molar-refractivity contribution in [1.29, 1.82) is 0 Å². The number of halogens is 1. The summed E-state index contributed by atoms with van der Waals surface area (Å²) in [5, 5.41) is 8.95. The molecule has 0 spiro atoms. The van der Waals surface area contributed by atoms with E-state index < -0.39 is 5.97 Å². The largest absolute Gasteiger partial charge is 0.478 e. The lowest BCUT2D eigenvalue weighted by Gasteiger charge is -2.21. The topological polar surface area (TPSA) is 46.5 Å². The number of rotatable bonds is 5. The molecule has 3 aromatic carbocycles. The third-order valence-electron chi connectivity index (χ3n) is 4.99. The molecule has 144 valence electrons. The fraction of sp³-hybridized carbons (Fsp3) is 0.160. The summed E-state index contributed by atoms with van der Waals surface area (Å²) in [5.41, 5.74) is 4.14. The Morgan fingerprint density at radius 3 is 1.97 bits per heavy atom. The second kappa shape index (κ2) is 8.40. The quantitative estimate of drug-likeness (QED) is 0.272. The number of benzene rings is 3. The van der Waals surface area contributed by atoms with E-state index in [0.29, 0.717) is 0 Å². The van der Waals surface area contributed by atoms with Crippen LogP contribution in [0, 0.1) is 11.8 Å². The smallest absolute Gasteiger partial charge is 0.335 e. The van der Waals surface area contributed by atoms with Crippen LogP contribution in [-0.4, -0.2) is 11.1 Å². The van der Waals surface area contributed by atoms with Crippen LogP contribution in [0.5, 0.6) is 0 Å². The molecule has 1 unspecified atom stereocenters. The van der Waals surface area contributed by atoms with Crippen molar-refractivity contribution in [3.8, 4) is 11.8 Å². The first-order valence-electron chi connectivity index (χ1n) is 9.38. The van der Waals surface area contributed by atoms with Gasteiger partial charge in [-0.25, -0.2) is 4.79 Å². The van der Waals surface area contributed by atoms with Crippen LogP contribution >= 0.6 is 22.6 Å². The van der Waals surface area contributed by atoms with E-state index in [-0.39, 0.29) is 15.3 Å². The number of alkyl halides is 1. The molecular formula is C25H19IO3. The first kappa shape index (κ1) is 19.7. The van der Waals surface area contributed by atoms with Gasteiger partial charge in [-0.1, -0.05) is 54.3 Å². The molecule has 0 bridgehead atoms. The molecule has 1 saturated carbocycles. The van der Waals surface area contributed by atoms with Gasteiger partial charge in [0.1, 0.15) is 4.11 Å². The van der Waals surface area contributed by atoms with E-state index in [0.717, 1.165) is 24.0 Å². The lowest BCUT2D eigenvalue weighted by Crippen LogP contribution is -2.13. The van der Waals surface area contributed by atoms with Crippen molar-refractivity contribution in [3.63, 3.8) is 0 Å². The van der Waals surface area contributed by atoms with E-state index in [1.54, 1.807) is 24.3 Å². The summed E-state index contributed by atoms with van der Waals surface area (Å²) in [6, 6.07) is 25.1. The van der Waals surface area contributed by atoms with Crippen LogP contribution in [0.2, 0.25) is 0 Å². The molecule has 4 rings (SSSR count). The zero-order valence-electron chi connectivity index (χ0n) is 15.6. The van der Waals surface area contributed by atoms with Gasteiger partial charge in [0, 0.05) is 11.1 Å². The fourth-order valence-electron chi connectivity index (χ4n) is 3.16. The number of hydrogen-bond acceptors (Lipinski definition) is 2. The summed E-state index contributed by atoms with van der Waals surface area (Å²) in [4.78, 5) is 10.9. The van der Waals surface area contributed by atoms with Gasteiger partial charge in [-0.3, -0.25) is 0 Å². The predicted octanol–water partition coefficient (Wildman–Crippen LogP) is 5.92. The van der Waals surface area contributed by atoms with Crippen molar-refractivity contribution in [2.75, 3.05) is 0 Å². The predicted molar refractivity (Wildman–Crippen MR) is 121 cm³/mol. The highest BCUT2D eigenvalue weighted by Gasteiger charge is 2.47. The molecule has 1 N–H and O–H groups in total. The van der Waals surface area contributed by atoms with E-state index in [2.05, 4.69) is 58.7 Å². The summed E-state index contributed by atoms with van der Waals surface area (Å²) in [6.45, 7) is 0. The summed E-state index contributed by atoms with van der Waals surface area (Å²) in [6.07, 6.45) is 2.06. The Hall–Kier alpha value is -2.62. The maximum Gasteiger partial charge on any atom is 0.335 e. The van der Waals surface area contributed by atoms with Crippen molar-refractivity contribution in [3.05, 3.63) is 107 Å². The average Bonchev–Trinajstić information content (AvgIpc) is 3.54. The number of carboxylic acids is 1. The van der Waals surface area contributed by atoms with Crippen molar-refractivity contribution >= 4 is 28.6 Å². The Morgan fingerprint density at radius 1 is 0.897 bits per heavy atom. The van der Waals surface area contributed by atoms with E-state index >= 15 is 0 Å². The molecule has 1 fully saturated rings. The van der Waals surface area contributed by atoms with Crippen LogP contribution in [0.25, 0.3) is 0 Å². The lowest BCUT2D eigenvalue weighted by molar-refractivity contribution is 0.0200. The van der Waals surface area contributed by atoms with E-state index in [4.69, 9.17) is 9.84 Å². The number of aromatic carboxylic acids is 1. The van der Waals surface area contributed by atoms with Crippen LogP contribution in [0.4, 0.5) is 0 Å². The molecule has 0 heterocycles. The highest BCUT2D eigenvalue weighted by atomic mass is 127. The van der Waals surface area contributed by atoms with Crippen LogP contribution < -0.4 is 0 Å². The minimum absolute atomic E-state index is 0.0181. The SMILES string of the molecule is O=C(O)c1ccc(C#Cc2ccc(C3(OC(I)c4ccccc4)CC3)cc2)cc1. The Labute approximate surface area is 183 Å². The Bertz CT molecular complexity index is 1060. The molecule has 0 radical (unpaired) electrons. The summed E-state index contributed by atoms with van der Waals surface area (Å²) >= 11 is 2.35. The number of ether oxygens (including phenoxy) is 1. The third-order valence-corrected chi connectivity index (χ3v) is 5.96. The van der Waals surface area contributed by atoms with Crippen molar-refractivity contribution in [2.45, 2.75) is 22.6 Å². The molecule has 1 aliphatic rings. The molecule has 3 aromatic rings. The van der Waals surface area contributed by atoms with Crippen molar-refractivity contribution in [2.24, 2.45) is 0 Å². The monoisotopic (exact) mass is 494 g/mol. The molecule has 29 heavy (non-hydrogen) atoms. The number of hydrogen-bond donors (Lipinski definition) is 1. The van der Waals surface area contributed by atoms with Gasteiger partial charge in [-0.15, -0.1) is 0 Å². The molecule has 1 aliphatic carbocycles. The Morgan fingerprint density at radius 2 is 1.45 bits per heavy atom. The molecular weight excluding hydrogens is 475 g/mol. The van der Waals surface area contributed by atoms with Gasteiger partial charge in [0.05, 0.1) is 11.2 Å². The highest BCUT2D eigenvalue weighted by molar-refractivity contribution is 14.1. The van der Waals surface area contributed by atoms with Gasteiger partial charge in [-0.2, -0.15) is 0 Å². The molecule has 0 saturated heterocycles. The molecule has 4 heteroatoms. The van der Waals surface area contributed by atoms with Crippen molar-refractivity contribution < 1.29 is 14.6 Å². The summed E-state index contributed by atoms with van der Waals surface area (Å²) in [5.74, 6) is 5.28. The van der Waals surface area contributed by atoms with Gasteiger partial charge >= 0.3 is 5.97 Å². The van der Waals surface area contributed by atoms with Crippen LogP contribution in [-0.2, 0) is 10.3 Å². The first-order chi connectivity index (χ1) is 14.1. The number of carboxylic acid groups (broad SMARTS) is 1. The maximum atomic E-state index is 10.9. The van der Waals surface area contributed by atoms with Crippen LogP contribution in [0.15, 0.2) is 78.9 Å². The van der Waals surface area contributed by atoms with Gasteiger partial charge in [0.2, 0.25) is 0 Å². The van der Waals surface area contributed by atoms with Gasteiger partial charge < -0.3 is 9.84 Å². The Kier molecular flexibility index (Phi) is 5.70. The number of carbonyl (C=O) groups is 1. The Balaban J connectivity index is 1.45.